The number of ether oxygens (including phenoxy) is 3. The van der Waals surface area contributed by atoms with Gasteiger partial charge in [0.25, 0.3) is 11.7 Å². The van der Waals surface area contributed by atoms with Crippen molar-refractivity contribution in [2.75, 3.05) is 13.7 Å². The summed E-state index contributed by atoms with van der Waals surface area (Å²) >= 11 is 0. The highest BCUT2D eigenvalue weighted by molar-refractivity contribution is 6.46. The maximum Gasteiger partial charge on any atom is 0.295 e. The van der Waals surface area contributed by atoms with Crippen LogP contribution in [0, 0.1) is 6.92 Å². The first kappa shape index (κ1) is 30.4. The van der Waals surface area contributed by atoms with Crippen molar-refractivity contribution >= 4 is 17.4 Å². The summed E-state index contributed by atoms with van der Waals surface area (Å²) in [6.07, 6.45) is 5.18. The summed E-state index contributed by atoms with van der Waals surface area (Å²) in [7, 11) is 1.54. The summed E-state index contributed by atoms with van der Waals surface area (Å²) < 4.78 is 17.5. The van der Waals surface area contributed by atoms with Gasteiger partial charge in [-0.15, -0.1) is 0 Å². The predicted octanol–water partition coefficient (Wildman–Crippen LogP) is 6.78. The van der Waals surface area contributed by atoms with Crippen molar-refractivity contribution in [1.29, 1.82) is 0 Å². The number of amides is 1. The molecule has 1 amide bonds. The number of likely N-dealkylation sites (tertiary alicyclic amines) is 1. The summed E-state index contributed by atoms with van der Waals surface area (Å²) in [6, 6.07) is 22.9. The molecule has 1 unspecified atom stereocenters. The number of ketones is 1. The average Bonchev–Trinajstić information content (AvgIpc) is 3.30. The number of carbonyl (C=O) groups excluding carboxylic acids is 2. The molecule has 1 aromatic heterocycles. The van der Waals surface area contributed by atoms with Gasteiger partial charge in [-0.05, 0) is 78.1 Å². The minimum Gasteiger partial charge on any atom is -0.507 e. The number of hydrogen-bond acceptors (Lipinski definition) is 7. The third kappa shape index (κ3) is 6.59. The van der Waals surface area contributed by atoms with Crippen molar-refractivity contribution in [3.8, 4) is 17.2 Å². The lowest BCUT2D eigenvalue weighted by Crippen LogP contribution is -2.29. The largest absolute Gasteiger partial charge is 0.507 e. The van der Waals surface area contributed by atoms with Crippen LogP contribution in [-0.4, -0.2) is 40.4 Å². The van der Waals surface area contributed by atoms with Gasteiger partial charge in [0, 0.05) is 24.5 Å². The fraction of sp³-hybridized carbons (Fsp3) is 0.250. The molecule has 1 fully saturated rings. The second-order valence-corrected chi connectivity index (χ2v) is 10.6. The monoisotopic (exact) mass is 592 g/mol. The number of benzene rings is 3. The van der Waals surface area contributed by atoms with Gasteiger partial charge >= 0.3 is 0 Å². The van der Waals surface area contributed by atoms with Crippen LogP contribution in [0.1, 0.15) is 53.6 Å². The zero-order valence-electron chi connectivity index (χ0n) is 25.2. The van der Waals surface area contributed by atoms with E-state index in [0.717, 1.165) is 29.5 Å². The highest BCUT2D eigenvalue weighted by atomic mass is 16.5. The van der Waals surface area contributed by atoms with Crippen molar-refractivity contribution in [1.82, 2.24) is 9.88 Å². The van der Waals surface area contributed by atoms with Crippen LogP contribution in [0.4, 0.5) is 0 Å². The van der Waals surface area contributed by atoms with E-state index in [1.807, 2.05) is 37.3 Å². The molecule has 44 heavy (non-hydrogen) atoms. The Hall–Kier alpha value is -5.11. The fourth-order valence-electron chi connectivity index (χ4n) is 5.18. The Bertz CT molecular complexity index is 1650. The number of pyridine rings is 1. The van der Waals surface area contributed by atoms with Crippen LogP contribution in [0.15, 0.2) is 96.8 Å². The highest BCUT2D eigenvalue weighted by Crippen LogP contribution is 2.43. The number of aliphatic hydroxyl groups is 1. The first-order valence-corrected chi connectivity index (χ1v) is 14.7. The van der Waals surface area contributed by atoms with Crippen LogP contribution < -0.4 is 14.2 Å². The summed E-state index contributed by atoms with van der Waals surface area (Å²) in [5.41, 5.74) is 3.95. The zero-order valence-corrected chi connectivity index (χ0v) is 25.2. The fourth-order valence-corrected chi connectivity index (χ4v) is 5.18. The van der Waals surface area contributed by atoms with Crippen molar-refractivity contribution in [3.05, 3.63) is 125 Å². The molecule has 0 aliphatic carbocycles. The minimum atomic E-state index is -0.870. The van der Waals surface area contributed by atoms with E-state index in [-0.39, 0.29) is 17.9 Å². The normalized spacial score (nSPS) is 15.8. The molecule has 5 rings (SSSR count). The molecule has 4 aromatic rings. The SMILES string of the molecule is CCCCOc1ccc(C2/C(=C(\O)c3ccc(OCc4ccccc4C)cc3)C(=O)C(=O)N2Cc2cccnc2)cc1OC. The minimum absolute atomic E-state index is 0.00539. The molecule has 1 aliphatic heterocycles. The lowest BCUT2D eigenvalue weighted by atomic mass is 9.94. The van der Waals surface area contributed by atoms with Gasteiger partial charge in [0.1, 0.15) is 18.1 Å². The molecule has 0 radical (unpaired) electrons. The Balaban J connectivity index is 1.50. The van der Waals surface area contributed by atoms with Crippen LogP contribution >= 0.6 is 0 Å². The first-order chi connectivity index (χ1) is 21.4. The third-order valence-corrected chi connectivity index (χ3v) is 7.66. The molecular formula is C36H36N2O6. The Kier molecular flexibility index (Phi) is 9.59. The molecule has 3 aromatic carbocycles. The third-order valence-electron chi connectivity index (χ3n) is 7.66. The van der Waals surface area contributed by atoms with E-state index >= 15 is 0 Å². The Labute approximate surface area is 257 Å². The van der Waals surface area contributed by atoms with Crippen molar-refractivity contribution in [3.63, 3.8) is 0 Å². The second-order valence-electron chi connectivity index (χ2n) is 10.6. The van der Waals surface area contributed by atoms with Crippen LogP contribution in [-0.2, 0) is 22.7 Å². The molecule has 2 heterocycles. The summed E-state index contributed by atoms with van der Waals surface area (Å²) in [5.74, 6) is -0.0910. The van der Waals surface area contributed by atoms with Crippen LogP contribution in [0.2, 0.25) is 0 Å². The second kappa shape index (κ2) is 13.9. The number of aromatic nitrogens is 1. The van der Waals surface area contributed by atoms with E-state index in [0.29, 0.717) is 41.6 Å². The lowest BCUT2D eigenvalue weighted by Gasteiger charge is -2.26. The molecule has 1 atom stereocenters. The van der Waals surface area contributed by atoms with Crippen LogP contribution in [0.25, 0.3) is 5.76 Å². The van der Waals surface area contributed by atoms with Crippen molar-refractivity contribution < 1.29 is 28.9 Å². The van der Waals surface area contributed by atoms with E-state index in [2.05, 4.69) is 11.9 Å². The maximum atomic E-state index is 13.6. The highest BCUT2D eigenvalue weighted by Gasteiger charge is 2.46. The number of Topliss-reactive ketones (excluding diaryl/α,β-unsaturated/α-hetero) is 1. The Morgan fingerprint density at radius 1 is 0.955 bits per heavy atom. The lowest BCUT2D eigenvalue weighted by molar-refractivity contribution is -0.140. The standard InChI is InChI=1S/C36H36N2O6/c1-4-5-19-43-30-17-14-27(20-31(30)42-3)33-32(35(40)36(41)38(33)22-25-10-8-18-37-21-25)34(39)26-12-15-29(16-13-26)44-23-28-11-7-6-9-24(28)2/h6-18,20-21,33,39H,4-5,19,22-23H2,1-3H3/b34-32+. The molecule has 8 heteroatoms. The van der Waals surface area contributed by atoms with Gasteiger partial charge in [-0.25, -0.2) is 0 Å². The summed E-state index contributed by atoms with van der Waals surface area (Å²) in [6.45, 7) is 5.18. The van der Waals surface area contributed by atoms with Crippen LogP contribution in [0.5, 0.6) is 17.2 Å². The molecule has 1 aliphatic rings. The molecular weight excluding hydrogens is 556 g/mol. The molecule has 8 nitrogen and oxygen atoms in total. The molecule has 0 saturated carbocycles. The molecule has 0 spiro atoms. The Morgan fingerprint density at radius 2 is 1.75 bits per heavy atom. The topological polar surface area (TPSA) is 98.2 Å². The van der Waals surface area contributed by atoms with Crippen LogP contribution in [0.3, 0.4) is 0 Å². The van der Waals surface area contributed by atoms with Gasteiger partial charge in [0.2, 0.25) is 0 Å². The van der Waals surface area contributed by atoms with Gasteiger partial charge in [-0.2, -0.15) is 0 Å². The first-order valence-electron chi connectivity index (χ1n) is 14.7. The number of rotatable bonds is 12. The summed E-state index contributed by atoms with van der Waals surface area (Å²) in [4.78, 5) is 32.6. The molecule has 226 valence electrons. The van der Waals surface area contributed by atoms with Gasteiger partial charge in [-0.1, -0.05) is 49.7 Å². The number of carbonyl (C=O) groups is 2. The van der Waals surface area contributed by atoms with Crippen molar-refractivity contribution in [2.45, 2.75) is 45.9 Å². The number of hydrogen-bond donors (Lipinski definition) is 1. The molecule has 1 saturated heterocycles. The van der Waals surface area contributed by atoms with Crippen molar-refractivity contribution in [2.24, 2.45) is 0 Å². The number of aliphatic hydroxyl groups excluding tert-OH is 1. The number of nitrogens with zero attached hydrogens (tertiary/aromatic N) is 2. The molecule has 1 N–H and O–H groups in total. The maximum absolute atomic E-state index is 13.6. The smallest absolute Gasteiger partial charge is 0.295 e. The summed E-state index contributed by atoms with van der Waals surface area (Å²) in [5, 5.41) is 11.6. The van der Waals surface area contributed by atoms with Gasteiger partial charge < -0.3 is 24.2 Å². The van der Waals surface area contributed by atoms with E-state index in [1.165, 1.54) is 4.90 Å². The van der Waals surface area contributed by atoms with E-state index in [9.17, 15) is 14.7 Å². The van der Waals surface area contributed by atoms with E-state index in [1.54, 1.807) is 68.0 Å². The molecule has 0 bridgehead atoms. The Morgan fingerprint density at radius 3 is 2.45 bits per heavy atom. The van der Waals surface area contributed by atoms with Gasteiger partial charge in [0.05, 0.1) is 25.3 Å². The van der Waals surface area contributed by atoms with E-state index in [4.69, 9.17) is 14.2 Å². The average molecular weight is 593 g/mol. The number of methoxy groups -OCH3 is 1. The van der Waals surface area contributed by atoms with Gasteiger partial charge in [0.15, 0.2) is 11.5 Å². The van der Waals surface area contributed by atoms with E-state index < -0.39 is 17.7 Å². The zero-order chi connectivity index (χ0) is 31.1. The quantitative estimate of drug-likeness (QED) is 0.0838. The number of aryl methyl sites for hydroxylation is 1. The predicted molar refractivity (Wildman–Crippen MR) is 167 cm³/mol. The number of unbranched alkanes of at least 4 members (excludes halogenated alkanes) is 1. The van der Waals surface area contributed by atoms with Gasteiger partial charge in [-0.3, -0.25) is 14.6 Å².